The average Bonchev–Trinajstić information content (AvgIpc) is 2.91. The van der Waals surface area contributed by atoms with E-state index in [-0.39, 0.29) is 44.8 Å². The van der Waals surface area contributed by atoms with Crippen LogP contribution in [-0.4, -0.2) is 43.4 Å². The van der Waals surface area contributed by atoms with Gasteiger partial charge in [-0.1, -0.05) is 41.4 Å². The first-order valence-corrected chi connectivity index (χ1v) is 12.4. The van der Waals surface area contributed by atoms with Gasteiger partial charge in [0.15, 0.2) is 12.4 Å². The number of urea groups is 1. The van der Waals surface area contributed by atoms with Crippen molar-refractivity contribution in [2.45, 2.75) is 6.92 Å². The molecule has 0 aromatic heterocycles. The molecule has 3 aromatic rings. The number of ether oxygens (including phenoxy) is 2. The van der Waals surface area contributed by atoms with Gasteiger partial charge in [0.1, 0.15) is 5.57 Å². The number of carbonyl (C=O) groups is 5. The topological polar surface area (TPSA) is 131 Å². The maximum atomic E-state index is 13.2. The van der Waals surface area contributed by atoms with E-state index in [2.05, 4.69) is 15.4 Å². The highest BCUT2D eigenvalue weighted by atomic mass is 35.5. The summed E-state index contributed by atoms with van der Waals surface area (Å²) in [5.74, 6) is -2.81. The van der Waals surface area contributed by atoms with Gasteiger partial charge >= 0.3 is 12.0 Å². The Morgan fingerprint density at radius 3 is 2.27 bits per heavy atom. The van der Waals surface area contributed by atoms with Crippen LogP contribution in [0.2, 0.25) is 10.0 Å². The third-order valence-corrected chi connectivity index (χ3v) is 6.31. The SMILES string of the molecule is COC(=O)c1ccc(N2C(=O)NC(=O)/C(=C/c3cc(Cl)c(OCC(=O)Nc4ccccc4C)c(Cl)c3)C2=O)cc1. The third kappa shape index (κ3) is 6.14. The Hall–Kier alpha value is -4.67. The fourth-order valence-corrected chi connectivity index (χ4v) is 4.37. The number of carbonyl (C=O) groups excluding carboxylic acids is 5. The number of hydrogen-bond acceptors (Lipinski definition) is 7. The minimum Gasteiger partial charge on any atom is -0.481 e. The number of nitrogens with one attached hydrogen (secondary N) is 2. The third-order valence-electron chi connectivity index (χ3n) is 5.75. The molecule has 0 unspecified atom stereocenters. The van der Waals surface area contributed by atoms with Crippen molar-refractivity contribution in [1.82, 2.24) is 5.32 Å². The van der Waals surface area contributed by atoms with E-state index >= 15 is 0 Å². The van der Waals surface area contributed by atoms with Crippen LogP contribution in [0.3, 0.4) is 0 Å². The highest BCUT2D eigenvalue weighted by molar-refractivity contribution is 6.40. The van der Waals surface area contributed by atoms with Gasteiger partial charge in [-0.2, -0.15) is 0 Å². The molecule has 0 bridgehead atoms. The quantitative estimate of drug-likeness (QED) is 0.233. The number of anilines is 2. The number of nitrogens with zero attached hydrogens (tertiary/aromatic N) is 1. The molecule has 1 saturated heterocycles. The first kappa shape index (κ1) is 28.3. The molecule has 4 rings (SSSR count). The molecule has 3 aromatic carbocycles. The van der Waals surface area contributed by atoms with Crippen molar-refractivity contribution in [3.05, 3.63) is 93.0 Å². The number of amides is 5. The Balaban J connectivity index is 1.52. The van der Waals surface area contributed by atoms with Crippen molar-refractivity contribution in [2.75, 3.05) is 23.9 Å². The molecule has 0 spiro atoms. The normalized spacial score (nSPS) is 14.2. The fraction of sp³-hybridized carbons (Fsp3) is 0.107. The number of benzene rings is 3. The van der Waals surface area contributed by atoms with Crippen LogP contribution in [0.5, 0.6) is 5.75 Å². The van der Waals surface area contributed by atoms with E-state index in [9.17, 15) is 24.0 Å². The average molecular weight is 582 g/mol. The molecule has 1 aliphatic heterocycles. The number of methoxy groups -OCH3 is 1. The summed E-state index contributed by atoms with van der Waals surface area (Å²) in [6.45, 7) is 1.48. The first-order chi connectivity index (χ1) is 19.1. The standard InChI is InChI=1S/C28H21Cl2N3O7/c1-15-5-3-4-6-22(15)31-23(34)14-40-24-20(29)12-16(13-21(24)30)11-19-25(35)32-28(38)33(26(19)36)18-9-7-17(8-10-18)27(37)39-2/h3-13H,14H2,1-2H3,(H,31,34)(H,32,35,38)/b19-11-. The van der Waals surface area contributed by atoms with Gasteiger partial charge in [-0.05, 0) is 66.6 Å². The van der Waals surface area contributed by atoms with Crippen LogP contribution in [0, 0.1) is 6.92 Å². The van der Waals surface area contributed by atoms with Crippen molar-refractivity contribution < 1.29 is 33.4 Å². The molecule has 2 N–H and O–H groups in total. The number of imide groups is 2. The van der Waals surface area contributed by atoms with Crippen molar-refractivity contribution >= 4 is 70.4 Å². The van der Waals surface area contributed by atoms with Crippen LogP contribution < -0.4 is 20.3 Å². The zero-order valence-corrected chi connectivity index (χ0v) is 22.6. The number of esters is 1. The van der Waals surface area contributed by atoms with Crippen LogP contribution in [0.25, 0.3) is 6.08 Å². The fourth-order valence-electron chi connectivity index (χ4n) is 3.76. The number of barbiturate groups is 1. The van der Waals surface area contributed by atoms with E-state index in [1.54, 1.807) is 12.1 Å². The minimum absolute atomic E-state index is 0.0260. The largest absolute Gasteiger partial charge is 0.481 e. The highest BCUT2D eigenvalue weighted by Crippen LogP contribution is 2.35. The molecular formula is C28H21Cl2N3O7. The molecule has 0 saturated carbocycles. The number of hydrogen-bond donors (Lipinski definition) is 2. The zero-order valence-electron chi connectivity index (χ0n) is 21.1. The summed E-state index contributed by atoms with van der Waals surface area (Å²) in [5.41, 5.74) is 1.75. The number of halogens is 2. The summed E-state index contributed by atoms with van der Waals surface area (Å²) in [6, 6.07) is 14.6. The maximum Gasteiger partial charge on any atom is 0.337 e. The van der Waals surface area contributed by atoms with E-state index in [0.717, 1.165) is 10.5 Å². The van der Waals surface area contributed by atoms with E-state index < -0.39 is 29.7 Å². The van der Waals surface area contributed by atoms with Gasteiger partial charge in [0.05, 0.1) is 28.4 Å². The first-order valence-electron chi connectivity index (χ1n) is 11.7. The number of rotatable bonds is 7. The molecule has 0 atom stereocenters. The van der Waals surface area contributed by atoms with E-state index in [1.165, 1.54) is 49.6 Å². The lowest BCUT2D eigenvalue weighted by Gasteiger charge is -2.26. The zero-order chi connectivity index (χ0) is 29.0. The minimum atomic E-state index is -0.957. The molecular weight excluding hydrogens is 561 g/mol. The van der Waals surface area contributed by atoms with E-state index in [4.69, 9.17) is 27.9 Å². The maximum absolute atomic E-state index is 13.2. The summed E-state index contributed by atoms with van der Waals surface area (Å²) in [4.78, 5) is 62.9. The molecule has 1 heterocycles. The van der Waals surface area contributed by atoms with Crippen molar-refractivity contribution in [3.63, 3.8) is 0 Å². The molecule has 1 fully saturated rings. The lowest BCUT2D eigenvalue weighted by Crippen LogP contribution is -2.54. The lowest BCUT2D eigenvalue weighted by atomic mass is 10.1. The molecule has 0 radical (unpaired) electrons. The Morgan fingerprint density at radius 2 is 1.65 bits per heavy atom. The van der Waals surface area contributed by atoms with Gasteiger partial charge in [0.2, 0.25) is 0 Å². The second-order valence-electron chi connectivity index (χ2n) is 8.46. The van der Waals surface area contributed by atoms with Gasteiger partial charge in [0.25, 0.3) is 17.7 Å². The van der Waals surface area contributed by atoms with Crippen LogP contribution >= 0.6 is 23.2 Å². The van der Waals surface area contributed by atoms with E-state index in [0.29, 0.717) is 5.69 Å². The summed E-state index contributed by atoms with van der Waals surface area (Å²) in [5, 5.41) is 4.89. The summed E-state index contributed by atoms with van der Waals surface area (Å²) in [6.07, 6.45) is 1.21. The second-order valence-corrected chi connectivity index (χ2v) is 9.28. The smallest absolute Gasteiger partial charge is 0.337 e. The number of para-hydroxylation sites is 1. The molecule has 1 aliphatic rings. The molecule has 40 heavy (non-hydrogen) atoms. The van der Waals surface area contributed by atoms with Crippen molar-refractivity contribution in [1.29, 1.82) is 0 Å². The van der Waals surface area contributed by atoms with Crippen LogP contribution in [0.4, 0.5) is 16.2 Å². The van der Waals surface area contributed by atoms with Gasteiger partial charge in [0, 0.05) is 5.69 Å². The second kappa shape index (κ2) is 12.0. The monoisotopic (exact) mass is 581 g/mol. The summed E-state index contributed by atoms with van der Waals surface area (Å²) in [7, 11) is 1.22. The van der Waals surface area contributed by atoms with Crippen molar-refractivity contribution in [2.24, 2.45) is 0 Å². The van der Waals surface area contributed by atoms with Gasteiger partial charge in [-0.25, -0.2) is 14.5 Å². The molecule has 5 amide bonds. The highest BCUT2D eigenvalue weighted by Gasteiger charge is 2.37. The molecule has 12 heteroatoms. The Labute approximate surface area is 238 Å². The Morgan fingerprint density at radius 1 is 1.00 bits per heavy atom. The molecule has 0 aliphatic carbocycles. The summed E-state index contributed by atoms with van der Waals surface area (Å²) >= 11 is 12.7. The predicted molar refractivity (Wildman–Crippen MR) is 149 cm³/mol. The number of aryl methyl sites for hydroxylation is 1. The molecule has 10 nitrogen and oxygen atoms in total. The van der Waals surface area contributed by atoms with Gasteiger partial charge in [-0.3, -0.25) is 19.7 Å². The summed E-state index contributed by atoms with van der Waals surface area (Å²) < 4.78 is 10.2. The van der Waals surface area contributed by atoms with Gasteiger partial charge in [-0.15, -0.1) is 0 Å². The van der Waals surface area contributed by atoms with Crippen LogP contribution in [-0.2, 0) is 19.1 Å². The van der Waals surface area contributed by atoms with E-state index in [1.807, 2.05) is 19.1 Å². The lowest BCUT2D eigenvalue weighted by molar-refractivity contribution is -0.122. The van der Waals surface area contributed by atoms with Crippen molar-refractivity contribution in [3.8, 4) is 5.75 Å². The van der Waals surface area contributed by atoms with Crippen LogP contribution in [0.1, 0.15) is 21.5 Å². The Bertz CT molecular complexity index is 1550. The molecule has 204 valence electrons. The Kier molecular flexibility index (Phi) is 8.52. The predicted octanol–water partition coefficient (Wildman–Crippen LogP) is 4.77. The van der Waals surface area contributed by atoms with Gasteiger partial charge < -0.3 is 14.8 Å². The van der Waals surface area contributed by atoms with Crippen LogP contribution in [0.15, 0.2) is 66.2 Å².